The largest absolute Gasteiger partial charge is 0.478 e. The van der Waals surface area contributed by atoms with Crippen LogP contribution in [-0.2, 0) is 24.3 Å². The molecule has 1 heterocycles. The van der Waals surface area contributed by atoms with Crippen LogP contribution in [0.3, 0.4) is 0 Å². The monoisotopic (exact) mass is 239 g/mol. The van der Waals surface area contributed by atoms with E-state index in [1.165, 1.54) is 12.8 Å². The molecule has 0 aliphatic rings. The van der Waals surface area contributed by atoms with Gasteiger partial charge in [0.25, 0.3) is 5.82 Å². The summed E-state index contributed by atoms with van der Waals surface area (Å²) < 4.78 is 4.03. The van der Waals surface area contributed by atoms with Crippen LogP contribution in [0.1, 0.15) is 45.4 Å². The summed E-state index contributed by atoms with van der Waals surface area (Å²) in [6.07, 6.45) is 9.43. The summed E-state index contributed by atoms with van der Waals surface area (Å²) in [5.74, 6) is 0.365. The molecule has 0 radical (unpaired) electrons. The molecule has 1 N–H and O–H groups in total. The molecule has 4 nitrogen and oxygen atoms in total. The van der Waals surface area contributed by atoms with Gasteiger partial charge < -0.3 is 5.11 Å². The summed E-state index contributed by atoms with van der Waals surface area (Å²) in [5.41, 5.74) is 0. The maximum Gasteiger partial charge on any atom is 0.346 e. The third-order valence-electron chi connectivity index (χ3n) is 2.86. The number of hydrogen-bond acceptors (Lipinski definition) is 1. The van der Waals surface area contributed by atoms with Crippen molar-refractivity contribution in [2.45, 2.75) is 59.0 Å². The van der Waals surface area contributed by atoms with Crippen LogP contribution in [-0.4, -0.2) is 15.6 Å². The number of unbranched alkanes of at least 4 members (excludes halogenated alkanes) is 2. The Bertz CT molecular complexity index is 358. The van der Waals surface area contributed by atoms with E-state index in [4.69, 9.17) is 5.11 Å². The van der Waals surface area contributed by atoms with Gasteiger partial charge in [0.2, 0.25) is 0 Å². The van der Waals surface area contributed by atoms with Gasteiger partial charge in [0, 0.05) is 6.42 Å². The lowest BCUT2D eigenvalue weighted by Crippen LogP contribution is -2.40. The first-order chi connectivity index (χ1) is 8.19. The second-order valence-electron chi connectivity index (χ2n) is 4.39. The topological polar surface area (TPSA) is 46.1 Å². The number of carboxylic acids is 1. The number of carbonyl (C=O) groups is 1. The van der Waals surface area contributed by atoms with Crippen LogP contribution in [0.25, 0.3) is 0 Å². The molecule has 0 saturated carbocycles. The van der Waals surface area contributed by atoms with Gasteiger partial charge in [-0.3, -0.25) is 0 Å². The molecule has 0 fully saturated rings. The number of aliphatic carboxylic acids is 1. The molecule has 1 aromatic rings. The summed E-state index contributed by atoms with van der Waals surface area (Å²) in [4.78, 5) is 10.8. The quantitative estimate of drug-likeness (QED) is 0.557. The summed E-state index contributed by atoms with van der Waals surface area (Å²) in [5, 5.41) is 8.87. The smallest absolute Gasteiger partial charge is 0.346 e. The Balaban J connectivity index is 2.77. The van der Waals surface area contributed by atoms with Crippen LogP contribution in [0.2, 0.25) is 0 Å². The Hall–Kier alpha value is -1.32. The molecule has 0 unspecified atom stereocenters. The Kier molecular flexibility index (Phi) is 5.73. The lowest BCUT2D eigenvalue weighted by Gasteiger charge is -2.03. The van der Waals surface area contributed by atoms with Crippen LogP contribution in [0, 0.1) is 0 Å². The fraction of sp³-hybridized carbons (Fsp3) is 0.692. The summed E-state index contributed by atoms with van der Waals surface area (Å²) in [7, 11) is 0. The minimum Gasteiger partial charge on any atom is -0.478 e. The van der Waals surface area contributed by atoms with Crippen molar-refractivity contribution in [1.82, 2.24) is 4.57 Å². The highest BCUT2D eigenvalue weighted by Crippen LogP contribution is 2.05. The van der Waals surface area contributed by atoms with E-state index in [2.05, 4.69) is 18.4 Å². The van der Waals surface area contributed by atoms with Gasteiger partial charge in [0.05, 0.1) is 6.54 Å². The average Bonchev–Trinajstić information content (AvgIpc) is 2.62. The normalized spacial score (nSPS) is 10.7. The van der Waals surface area contributed by atoms with Crippen molar-refractivity contribution in [2.24, 2.45) is 0 Å². The van der Waals surface area contributed by atoms with Gasteiger partial charge in [0.1, 0.15) is 12.4 Å². The molecule has 1 rings (SSSR count). The van der Waals surface area contributed by atoms with Crippen LogP contribution in [0.5, 0.6) is 0 Å². The van der Waals surface area contributed by atoms with Crippen molar-refractivity contribution in [3.8, 4) is 0 Å². The standard InChI is InChI=1S/C13H22N2O2/c1-3-5-6-7-12-14(8-4-2)9-10-15(12)11-13(16)17/h9-10H,3-8,11H2,1-2H3/p+1. The Morgan fingerprint density at radius 3 is 2.71 bits per heavy atom. The van der Waals surface area contributed by atoms with Crippen molar-refractivity contribution in [3.63, 3.8) is 0 Å². The highest BCUT2D eigenvalue weighted by Gasteiger charge is 2.17. The van der Waals surface area contributed by atoms with Crippen molar-refractivity contribution >= 4 is 5.97 Å². The van der Waals surface area contributed by atoms with Gasteiger partial charge in [-0.15, -0.1) is 0 Å². The van der Waals surface area contributed by atoms with Crippen molar-refractivity contribution in [1.29, 1.82) is 0 Å². The van der Waals surface area contributed by atoms with Crippen molar-refractivity contribution in [3.05, 3.63) is 18.2 Å². The predicted molar refractivity (Wildman–Crippen MR) is 65.8 cm³/mol. The second kappa shape index (κ2) is 7.09. The molecule has 0 saturated heterocycles. The van der Waals surface area contributed by atoms with Gasteiger partial charge in [-0.1, -0.05) is 26.7 Å². The van der Waals surface area contributed by atoms with Gasteiger partial charge in [-0.25, -0.2) is 13.9 Å². The Morgan fingerprint density at radius 1 is 1.35 bits per heavy atom. The van der Waals surface area contributed by atoms with Crippen molar-refractivity contribution < 1.29 is 14.5 Å². The molecule has 17 heavy (non-hydrogen) atoms. The fourth-order valence-corrected chi connectivity index (χ4v) is 2.05. The first-order valence-corrected chi connectivity index (χ1v) is 6.48. The van der Waals surface area contributed by atoms with Gasteiger partial charge in [-0.05, 0) is 12.8 Å². The molecule has 0 amide bonds. The number of aromatic nitrogens is 2. The maximum absolute atomic E-state index is 10.8. The highest BCUT2D eigenvalue weighted by atomic mass is 16.4. The van der Waals surface area contributed by atoms with E-state index in [0.717, 1.165) is 31.6 Å². The molecule has 4 heteroatoms. The van der Waals surface area contributed by atoms with Crippen LogP contribution >= 0.6 is 0 Å². The molecule has 1 aromatic heterocycles. The zero-order valence-corrected chi connectivity index (χ0v) is 10.9. The summed E-state index contributed by atoms with van der Waals surface area (Å²) in [6.45, 7) is 5.35. The number of carboxylic acid groups (broad SMARTS) is 1. The van der Waals surface area contributed by atoms with E-state index in [1.54, 1.807) is 0 Å². The molecule has 0 atom stereocenters. The molecule has 96 valence electrons. The van der Waals surface area contributed by atoms with E-state index in [-0.39, 0.29) is 6.54 Å². The predicted octanol–water partition coefficient (Wildman–Crippen LogP) is 2.00. The minimum absolute atomic E-state index is 0.0676. The third kappa shape index (κ3) is 4.21. The van der Waals surface area contributed by atoms with Crippen molar-refractivity contribution in [2.75, 3.05) is 0 Å². The van der Waals surface area contributed by atoms with Crippen LogP contribution < -0.4 is 4.57 Å². The molecule has 0 aliphatic carbocycles. The lowest BCUT2D eigenvalue weighted by atomic mass is 10.2. The van der Waals surface area contributed by atoms with Gasteiger partial charge in [-0.2, -0.15) is 0 Å². The average molecular weight is 239 g/mol. The molecule has 0 aliphatic heterocycles. The first-order valence-electron chi connectivity index (χ1n) is 6.48. The Labute approximate surface area is 103 Å². The molecule has 0 aromatic carbocycles. The second-order valence-corrected chi connectivity index (χ2v) is 4.39. The number of nitrogens with zero attached hydrogens (tertiary/aromatic N) is 2. The van der Waals surface area contributed by atoms with Crippen LogP contribution in [0.15, 0.2) is 12.4 Å². The summed E-state index contributed by atoms with van der Waals surface area (Å²) >= 11 is 0. The molecular weight excluding hydrogens is 216 g/mol. The zero-order valence-electron chi connectivity index (χ0n) is 10.9. The molecular formula is C13H23N2O2+. The third-order valence-corrected chi connectivity index (χ3v) is 2.86. The van der Waals surface area contributed by atoms with E-state index < -0.39 is 5.97 Å². The van der Waals surface area contributed by atoms with Crippen LogP contribution in [0.4, 0.5) is 0 Å². The SMILES string of the molecule is CCCCCc1n(CCC)cc[n+]1CC(=O)O. The number of rotatable bonds is 8. The first kappa shape index (κ1) is 13.7. The lowest BCUT2D eigenvalue weighted by molar-refractivity contribution is -0.692. The fourth-order valence-electron chi connectivity index (χ4n) is 2.05. The van der Waals surface area contributed by atoms with E-state index in [9.17, 15) is 4.79 Å². The molecule has 0 bridgehead atoms. The summed E-state index contributed by atoms with van der Waals surface area (Å²) in [6, 6.07) is 0. The van der Waals surface area contributed by atoms with E-state index >= 15 is 0 Å². The zero-order chi connectivity index (χ0) is 12.7. The highest BCUT2D eigenvalue weighted by molar-refractivity contribution is 5.64. The van der Waals surface area contributed by atoms with Gasteiger partial charge >= 0.3 is 5.97 Å². The van der Waals surface area contributed by atoms with Gasteiger partial charge in [0.15, 0.2) is 6.54 Å². The maximum atomic E-state index is 10.8. The number of aryl methyl sites for hydroxylation is 1. The minimum atomic E-state index is -0.777. The van der Waals surface area contributed by atoms with E-state index in [1.807, 2.05) is 17.0 Å². The molecule has 0 spiro atoms. The van der Waals surface area contributed by atoms with E-state index in [0.29, 0.717) is 0 Å². The number of hydrogen-bond donors (Lipinski definition) is 1. The Morgan fingerprint density at radius 2 is 2.12 bits per heavy atom. The number of imidazole rings is 1.